The van der Waals surface area contributed by atoms with Crippen molar-refractivity contribution in [3.8, 4) is 11.1 Å². The Morgan fingerprint density at radius 1 is 0.600 bits per heavy atom. The molecule has 2 aromatic rings. The van der Waals surface area contributed by atoms with Crippen LogP contribution in [0.5, 0.6) is 0 Å². The van der Waals surface area contributed by atoms with Gasteiger partial charge in [-0.1, -0.05) is 72.1 Å². The minimum atomic E-state index is 1.37. The minimum Gasteiger partial charge on any atom is -0.0860 e. The second-order valence-corrected chi connectivity index (χ2v) is 7.78. The summed E-state index contributed by atoms with van der Waals surface area (Å²) in [6.07, 6.45) is 0. The predicted molar refractivity (Wildman–Crippen MR) is 91.5 cm³/mol. The second kappa shape index (κ2) is 4.57. The maximum atomic E-state index is 2.25. The Morgan fingerprint density at radius 2 is 1.00 bits per heavy atom. The zero-order valence-electron chi connectivity index (χ0n) is 11.4. The summed E-state index contributed by atoms with van der Waals surface area (Å²) in [6, 6.07) is 17.5. The number of allylic oxidation sites excluding steroid dienone is 2. The van der Waals surface area contributed by atoms with E-state index in [4.69, 9.17) is 0 Å². The van der Waals surface area contributed by atoms with Gasteiger partial charge in [-0.3, -0.25) is 0 Å². The molecule has 2 aromatic carbocycles. The van der Waals surface area contributed by atoms with Crippen LogP contribution < -0.4 is 0 Å². The molecule has 1 aliphatic heterocycles. The molecule has 0 N–H and O–H groups in total. The minimum absolute atomic E-state index is 1.37. The largest absolute Gasteiger partial charge is 0.0860 e. The van der Waals surface area contributed by atoms with Crippen molar-refractivity contribution in [2.75, 3.05) is 0 Å². The molecular weight excluding hydrogens is 280 g/mol. The maximum Gasteiger partial charge on any atom is 0.0577 e. The van der Waals surface area contributed by atoms with Crippen molar-refractivity contribution in [2.45, 2.75) is 13.8 Å². The molecule has 0 spiro atoms. The van der Waals surface area contributed by atoms with Gasteiger partial charge in [0.15, 0.2) is 0 Å². The Balaban J connectivity index is 2.00. The van der Waals surface area contributed by atoms with E-state index < -0.39 is 0 Å². The van der Waals surface area contributed by atoms with Gasteiger partial charge in [0.05, 0.1) is 4.24 Å². The highest BCUT2D eigenvalue weighted by atomic mass is 32.2. The molecule has 4 rings (SSSR count). The summed E-state index contributed by atoms with van der Waals surface area (Å²) in [7, 11) is 0. The summed E-state index contributed by atoms with van der Waals surface area (Å²) >= 11 is 3.84. The van der Waals surface area contributed by atoms with Crippen LogP contribution in [0.3, 0.4) is 0 Å². The maximum absolute atomic E-state index is 2.25. The van der Waals surface area contributed by atoms with Gasteiger partial charge in [-0.2, -0.15) is 0 Å². The molecule has 0 bridgehead atoms. The highest BCUT2D eigenvalue weighted by Gasteiger charge is 2.28. The number of fused-ring (bicyclic) bond motifs is 3. The Hall–Kier alpha value is -1.38. The number of hydrogen-bond acceptors (Lipinski definition) is 2. The van der Waals surface area contributed by atoms with Crippen LogP contribution in [0.15, 0.2) is 62.6 Å². The summed E-state index contributed by atoms with van der Waals surface area (Å²) in [5.41, 5.74) is 6.92. The second-order valence-electron chi connectivity index (χ2n) is 5.07. The van der Waals surface area contributed by atoms with E-state index in [0.29, 0.717) is 0 Å². The third-order valence-electron chi connectivity index (χ3n) is 3.87. The first-order valence-electron chi connectivity index (χ1n) is 6.72. The van der Waals surface area contributed by atoms with Crippen molar-refractivity contribution in [1.82, 2.24) is 0 Å². The molecule has 0 unspecified atom stereocenters. The number of hydrogen-bond donors (Lipinski definition) is 0. The molecule has 2 aliphatic rings. The predicted octanol–water partition coefficient (Wildman–Crippen LogP) is 6.12. The fraction of sp³-hybridized carbons (Fsp3) is 0.111. The molecule has 0 saturated heterocycles. The fourth-order valence-electron chi connectivity index (χ4n) is 2.78. The molecule has 1 heterocycles. The smallest absolute Gasteiger partial charge is 0.0577 e. The standard InChI is InChI=1S/C18H14S2/c1-11-12(2)20-18(19-11)17-15-9-5-3-7-13(15)14-8-4-6-10-16(14)17/h3-10H,1-2H3. The van der Waals surface area contributed by atoms with Gasteiger partial charge in [-0.05, 0) is 45.9 Å². The first-order valence-corrected chi connectivity index (χ1v) is 8.35. The first kappa shape index (κ1) is 12.4. The quantitative estimate of drug-likeness (QED) is 0.490. The van der Waals surface area contributed by atoms with Gasteiger partial charge >= 0.3 is 0 Å². The molecule has 0 amide bonds. The van der Waals surface area contributed by atoms with Crippen LogP contribution in [-0.4, -0.2) is 0 Å². The van der Waals surface area contributed by atoms with Crippen molar-refractivity contribution in [1.29, 1.82) is 0 Å². The van der Waals surface area contributed by atoms with Gasteiger partial charge in [0, 0.05) is 5.57 Å². The lowest BCUT2D eigenvalue weighted by atomic mass is 10.1. The van der Waals surface area contributed by atoms with E-state index in [1.54, 1.807) is 0 Å². The summed E-state index contributed by atoms with van der Waals surface area (Å²) < 4.78 is 1.43. The third kappa shape index (κ3) is 1.72. The van der Waals surface area contributed by atoms with E-state index in [2.05, 4.69) is 62.4 Å². The summed E-state index contributed by atoms with van der Waals surface area (Å²) in [5, 5.41) is 0. The van der Waals surface area contributed by atoms with E-state index in [9.17, 15) is 0 Å². The Kier molecular flexibility index (Phi) is 2.83. The first-order chi connectivity index (χ1) is 9.75. The van der Waals surface area contributed by atoms with E-state index in [0.717, 1.165) is 0 Å². The summed E-state index contributed by atoms with van der Waals surface area (Å²) in [4.78, 5) is 2.86. The average Bonchev–Trinajstić information content (AvgIpc) is 2.97. The van der Waals surface area contributed by atoms with Crippen molar-refractivity contribution < 1.29 is 0 Å². The monoisotopic (exact) mass is 294 g/mol. The van der Waals surface area contributed by atoms with Crippen molar-refractivity contribution in [3.05, 3.63) is 73.7 Å². The van der Waals surface area contributed by atoms with Gasteiger partial charge in [0.1, 0.15) is 0 Å². The van der Waals surface area contributed by atoms with Crippen LogP contribution >= 0.6 is 23.5 Å². The molecule has 0 atom stereocenters. The highest BCUT2D eigenvalue weighted by molar-refractivity contribution is 8.28. The van der Waals surface area contributed by atoms with Gasteiger partial charge in [-0.25, -0.2) is 0 Å². The van der Waals surface area contributed by atoms with Crippen LogP contribution in [0.2, 0.25) is 0 Å². The van der Waals surface area contributed by atoms with Crippen LogP contribution in [0, 0.1) is 0 Å². The Morgan fingerprint density at radius 3 is 1.45 bits per heavy atom. The SMILES string of the molecule is CC1=C(C)SC(=C2c3ccccc3-c3ccccc32)S1. The lowest BCUT2D eigenvalue weighted by molar-refractivity contribution is 1.57. The molecule has 0 nitrogen and oxygen atoms in total. The Labute approximate surface area is 128 Å². The van der Waals surface area contributed by atoms with Gasteiger partial charge in [-0.15, -0.1) is 0 Å². The van der Waals surface area contributed by atoms with Gasteiger partial charge in [0.25, 0.3) is 0 Å². The topological polar surface area (TPSA) is 0 Å². The molecule has 1 aliphatic carbocycles. The third-order valence-corrected chi connectivity index (χ3v) is 6.51. The van der Waals surface area contributed by atoms with E-state index >= 15 is 0 Å². The number of thioether (sulfide) groups is 2. The highest BCUT2D eigenvalue weighted by Crippen LogP contribution is 2.56. The number of benzene rings is 2. The van der Waals surface area contributed by atoms with Crippen LogP contribution in [0.25, 0.3) is 16.7 Å². The van der Waals surface area contributed by atoms with Crippen molar-refractivity contribution in [2.24, 2.45) is 0 Å². The lowest BCUT2D eigenvalue weighted by Gasteiger charge is -2.06. The summed E-state index contributed by atoms with van der Waals surface area (Å²) in [6.45, 7) is 4.43. The van der Waals surface area contributed by atoms with Crippen LogP contribution in [0.4, 0.5) is 0 Å². The molecule has 0 aromatic heterocycles. The normalized spacial score (nSPS) is 16.7. The van der Waals surface area contributed by atoms with Gasteiger partial charge < -0.3 is 0 Å². The van der Waals surface area contributed by atoms with Crippen LogP contribution in [0.1, 0.15) is 25.0 Å². The van der Waals surface area contributed by atoms with E-state index in [1.165, 1.54) is 41.9 Å². The van der Waals surface area contributed by atoms with Gasteiger partial charge in [0.2, 0.25) is 0 Å². The average molecular weight is 294 g/mol. The van der Waals surface area contributed by atoms with Crippen molar-refractivity contribution in [3.63, 3.8) is 0 Å². The zero-order chi connectivity index (χ0) is 13.7. The van der Waals surface area contributed by atoms with Crippen molar-refractivity contribution >= 4 is 29.1 Å². The molecular formula is C18H14S2. The van der Waals surface area contributed by atoms with E-state index in [-0.39, 0.29) is 0 Å². The Bertz CT molecular complexity index is 718. The molecule has 2 heteroatoms. The summed E-state index contributed by atoms with van der Waals surface area (Å²) in [5.74, 6) is 0. The molecule has 0 radical (unpaired) electrons. The molecule has 98 valence electrons. The molecule has 0 saturated carbocycles. The van der Waals surface area contributed by atoms with Crippen LogP contribution in [-0.2, 0) is 0 Å². The molecule has 20 heavy (non-hydrogen) atoms. The zero-order valence-corrected chi connectivity index (χ0v) is 13.1. The van der Waals surface area contributed by atoms with E-state index in [1.807, 2.05) is 23.5 Å². The number of rotatable bonds is 0. The fourth-order valence-corrected chi connectivity index (χ4v) is 5.44. The lowest BCUT2D eigenvalue weighted by Crippen LogP contribution is -1.83. The molecule has 0 fully saturated rings.